The molecule has 1 atom stereocenters. The van der Waals surface area contributed by atoms with Gasteiger partial charge in [0.15, 0.2) is 0 Å². The van der Waals surface area contributed by atoms with Gasteiger partial charge in [0.1, 0.15) is 0 Å². The van der Waals surface area contributed by atoms with E-state index in [1.54, 1.807) is 4.90 Å². The number of alkyl halides is 3. The van der Waals surface area contributed by atoms with E-state index in [9.17, 15) is 18.0 Å². The maximum Gasteiger partial charge on any atom is 0.416 e. The molecule has 1 unspecified atom stereocenters. The van der Waals surface area contributed by atoms with Crippen LogP contribution in [0.2, 0.25) is 0 Å². The number of hydrogen-bond acceptors (Lipinski definition) is 2. The van der Waals surface area contributed by atoms with Crippen LogP contribution < -0.4 is 0 Å². The van der Waals surface area contributed by atoms with Crippen LogP contribution in [0, 0.1) is 0 Å². The summed E-state index contributed by atoms with van der Waals surface area (Å²) in [6.45, 7) is 3.00. The van der Waals surface area contributed by atoms with Gasteiger partial charge in [-0.15, -0.1) is 0 Å². The molecular weight excluding hydrogens is 271 g/mol. The van der Waals surface area contributed by atoms with Gasteiger partial charge >= 0.3 is 6.18 Å². The third-order valence-electron chi connectivity index (χ3n) is 3.36. The van der Waals surface area contributed by atoms with E-state index in [-0.39, 0.29) is 18.6 Å². The van der Waals surface area contributed by atoms with Crippen molar-refractivity contribution in [3.63, 3.8) is 0 Å². The highest BCUT2D eigenvalue weighted by atomic mass is 19.4. The zero-order valence-electron chi connectivity index (χ0n) is 11.1. The number of nitrogens with zero attached hydrogens (tertiary/aromatic N) is 1. The molecule has 110 valence electrons. The van der Waals surface area contributed by atoms with Gasteiger partial charge in [0.2, 0.25) is 5.91 Å². The van der Waals surface area contributed by atoms with Gasteiger partial charge in [-0.1, -0.05) is 12.1 Å². The van der Waals surface area contributed by atoms with Crippen molar-refractivity contribution in [3.05, 3.63) is 35.4 Å². The van der Waals surface area contributed by atoms with Crippen LogP contribution in [0.5, 0.6) is 0 Å². The zero-order valence-corrected chi connectivity index (χ0v) is 11.1. The molecule has 1 saturated heterocycles. The summed E-state index contributed by atoms with van der Waals surface area (Å²) in [5.74, 6) is 0.0191. The number of benzene rings is 1. The van der Waals surface area contributed by atoms with Crippen molar-refractivity contribution in [1.29, 1.82) is 0 Å². The Bertz CT molecular complexity index is 470. The largest absolute Gasteiger partial charge is 0.416 e. The summed E-state index contributed by atoms with van der Waals surface area (Å²) in [6, 6.07) is 4.94. The molecule has 1 fully saturated rings. The molecule has 1 aromatic carbocycles. The molecule has 6 heteroatoms. The topological polar surface area (TPSA) is 29.5 Å². The van der Waals surface area contributed by atoms with E-state index in [1.165, 1.54) is 19.1 Å². The van der Waals surface area contributed by atoms with Gasteiger partial charge in [-0.05, 0) is 24.1 Å². The molecule has 0 radical (unpaired) electrons. The van der Waals surface area contributed by atoms with Crippen LogP contribution in [0.25, 0.3) is 0 Å². The van der Waals surface area contributed by atoms with Crippen molar-refractivity contribution in [1.82, 2.24) is 4.90 Å². The Hall–Kier alpha value is -1.56. The molecule has 0 aromatic heterocycles. The number of likely N-dealkylation sites (tertiary alicyclic amines) is 1. The van der Waals surface area contributed by atoms with Crippen LogP contribution in [0.3, 0.4) is 0 Å². The second-order valence-corrected chi connectivity index (χ2v) is 4.88. The second kappa shape index (κ2) is 5.83. The quantitative estimate of drug-likeness (QED) is 0.855. The van der Waals surface area contributed by atoms with Crippen LogP contribution in [-0.4, -0.2) is 30.0 Å². The predicted molar refractivity (Wildman–Crippen MR) is 66.9 cm³/mol. The lowest BCUT2D eigenvalue weighted by molar-refractivity contribution is -0.137. The van der Waals surface area contributed by atoms with Gasteiger partial charge < -0.3 is 9.64 Å². The van der Waals surface area contributed by atoms with Crippen molar-refractivity contribution in [2.45, 2.75) is 32.2 Å². The number of ether oxygens (including phenoxy) is 1. The minimum absolute atomic E-state index is 0.0191. The van der Waals surface area contributed by atoms with Gasteiger partial charge in [-0.3, -0.25) is 4.79 Å². The molecule has 0 spiro atoms. The maximum atomic E-state index is 12.4. The Morgan fingerprint density at radius 1 is 1.35 bits per heavy atom. The Balaban J connectivity index is 1.85. The lowest BCUT2D eigenvalue weighted by Crippen LogP contribution is -2.27. The molecule has 1 aliphatic heterocycles. The molecule has 1 amide bonds. The Kier molecular flexibility index (Phi) is 4.32. The van der Waals surface area contributed by atoms with Crippen LogP contribution in [0.15, 0.2) is 24.3 Å². The number of halogens is 3. The summed E-state index contributed by atoms with van der Waals surface area (Å²) in [6.07, 6.45) is -3.59. The Morgan fingerprint density at radius 2 is 2.00 bits per heavy atom. The van der Waals surface area contributed by atoms with Gasteiger partial charge in [0.25, 0.3) is 0 Å². The van der Waals surface area contributed by atoms with Crippen molar-refractivity contribution in [2.24, 2.45) is 0 Å². The highest BCUT2D eigenvalue weighted by Gasteiger charge is 2.30. The van der Waals surface area contributed by atoms with Gasteiger partial charge in [-0.2, -0.15) is 13.2 Å². The minimum Gasteiger partial charge on any atom is -0.372 e. The predicted octanol–water partition coefficient (Wildman–Crippen LogP) is 2.84. The molecule has 0 aliphatic carbocycles. The number of hydrogen-bond donors (Lipinski definition) is 0. The highest BCUT2D eigenvalue weighted by Crippen LogP contribution is 2.29. The van der Waals surface area contributed by atoms with Crippen LogP contribution in [0.1, 0.15) is 24.5 Å². The third kappa shape index (κ3) is 3.72. The van der Waals surface area contributed by atoms with Crippen molar-refractivity contribution >= 4 is 5.91 Å². The molecule has 2 rings (SSSR count). The summed E-state index contributed by atoms with van der Waals surface area (Å²) >= 11 is 0. The first-order chi connectivity index (χ1) is 9.36. The van der Waals surface area contributed by atoms with E-state index in [1.807, 2.05) is 0 Å². The van der Waals surface area contributed by atoms with Crippen molar-refractivity contribution in [3.8, 4) is 0 Å². The number of carbonyl (C=O) groups is 1. The summed E-state index contributed by atoms with van der Waals surface area (Å²) in [7, 11) is 0. The average Bonchev–Trinajstić information content (AvgIpc) is 2.85. The van der Waals surface area contributed by atoms with Crippen LogP contribution in [-0.2, 0) is 22.3 Å². The van der Waals surface area contributed by atoms with Gasteiger partial charge in [-0.25, -0.2) is 0 Å². The summed E-state index contributed by atoms with van der Waals surface area (Å²) < 4.78 is 42.8. The molecule has 1 aromatic rings. The molecule has 3 nitrogen and oxygen atoms in total. The van der Waals surface area contributed by atoms with Gasteiger partial charge in [0.05, 0.1) is 18.3 Å². The number of carbonyl (C=O) groups excluding carboxylic acids is 1. The first-order valence-electron chi connectivity index (χ1n) is 6.39. The van der Waals surface area contributed by atoms with Crippen LogP contribution in [0.4, 0.5) is 13.2 Å². The molecule has 1 heterocycles. The standard InChI is InChI=1S/C14H16F3NO2/c1-10(19)18-7-6-13(8-18)20-9-11-2-4-12(5-3-11)14(15,16)17/h2-5,13H,6-9H2,1H3. The zero-order chi connectivity index (χ0) is 14.8. The monoisotopic (exact) mass is 287 g/mol. The SMILES string of the molecule is CC(=O)N1CCC(OCc2ccc(C(F)(F)F)cc2)C1. The first-order valence-corrected chi connectivity index (χ1v) is 6.39. The molecule has 20 heavy (non-hydrogen) atoms. The fourth-order valence-corrected chi connectivity index (χ4v) is 2.15. The molecule has 1 aliphatic rings. The van der Waals surface area contributed by atoms with E-state index in [2.05, 4.69) is 0 Å². The summed E-state index contributed by atoms with van der Waals surface area (Å²) in [5, 5.41) is 0. The molecular formula is C14H16F3NO2. The molecule has 0 bridgehead atoms. The lowest BCUT2D eigenvalue weighted by Gasteiger charge is -2.14. The smallest absolute Gasteiger partial charge is 0.372 e. The van der Waals surface area contributed by atoms with Crippen LogP contribution >= 0.6 is 0 Å². The number of amides is 1. The normalized spacial score (nSPS) is 19.4. The number of rotatable bonds is 3. The van der Waals surface area contributed by atoms with E-state index >= 15 is 0 Å². The van der Waals surface area contributed by atoms with E-state index < -0.39 is 11.7 Å². The second-order valence-electron chi connectivity index (χ2n) is 4.88. The Morgan fingerprint density at radius 3 is 2.50 bits per heavy atom. The van der Waals surface area contributed by atoms with E-state index in [4.69, 9.17) is 4.74 Å². The first kappa shape index (κ1) is 14.8. The fraction of sp³-hybridized carbons (Fsp3) is 0.500. The lowest BCUT2D eigenvalue weighted by atomic mass is 10.1. The average molecular weight is 287 g/mol. The van der Waals surface area contributed by atoms with Crippen molar-refractivity contribution in [2.75, 3.05) is 13.1 Å². The highest BCUT2D eigenvalue weighted by molar-refractivity contribution is 5.73. The molecule has 0 saturated carbocycles. The summed E-state index contributed by atoms with van der Waals surface area (Å²) in [4.78, 5) is 12.9. The van der Waals surface area contributed by atoms with Crippen molar-refractivity contribution < 1.29 is 22.7 Å². The van der Waals surface area contributed by atoms with Gasteiger partial charge in [0, 0.05) is 20.0 Å². The maximum absolute atomic E-state index is 12.4. The van der Waals surface area contributed by atoms with E-state index in [0.29, 0.717) is 18.7 Å². The summed E-state index contributed by atoms with van der Waals surface area (Å²) in [5.41, 5.74) is 0.0316. The molecule has 0 N–H and O–H groups in total. The van der Waals surface area contributed by atoms with E-state index in [0.717, 1.165) is 18.6 Å². The third-order valence-corrected chi connectivity index (χ3v) is 3.36. The minimum atomic E-state index is -4.31. The fourth-order valence-electron chi connectivity index (χ4n) is 2.15. The Labute approximate surface area is 115 Å².